The Labute approximate surface area is 642 Å². The molecule has 0 radical (unpaired) electrons. The molecule has 0 bridgehead atoms. The number of phosphoric ester groups is 2. The first-order valence-electron chi connectivity index (χ1n) is 40.4. The number of ether oxygens (including phenoxy) is 4. The van der Waals surface area contributed by atoms with Crippen molar-refractivity contribution in [1.82, 2.24) is 0 Å². The van der Waals surface area contributed by atoms with Crippen LogP contribution < -0.4 is 0 Å². The number of esters is 4. The molecule has 106 heavy (non-hydrogen) atoms. The Balaban J connectivity index is 5.50. The first kappa shape index (κ1) is 100. The van der Waals surface area contributed by atoms with Gasteiger partial charge >= 0.3 is 39.5 Å². The van der Waals surface area contributed by atoms with E-state index in [1.165, 1.54) is 38.5 Å². The monoisotopic (exact) mass is 1520 g/mol. The van der Waals surface area contributed by atoms with Crippen LogP contribution in [0.1, 0.15) is 297 Å². The Bertz CT molecular complexity index is 2680. The van der Waals surface area contributed by atoms with Crippen molar-refractivity contribution >= 4 is 39.5 Å². The summed E-state index contributed by atoms with van der Waals surface area (Å²) in [6.45, 7) is 4.44. The van der Waals surface area contributed by atoms with E-state index in [0.29, 0.717) is 32.1 Å². The maximum Gasteiger partial charge on any atom is 0.472 e. The zero-order valence-electron chi connectivity index (χ0n) is 65.8. The highest BCUT2D eigenvalue weighted by Gasteiger charge is 2.30. The van der Waals surface area contributed by atoms with E-state index in [-0.39, 0.29) is 25.7 Å². The number of aliphatic hydroxyl groups is 1. The Morgan fingerprint density at radius 3 is 0.811 bits per heavy atom. The first-order chi connectivity index (χ1) is 51.7. The van der Waals surface area contributed by atoms with Crippen LogP contribution in [0.5, 0.6) is 0 Å². The fourth-order valence-electron chi connectivity index (χ4n) is 10.1. The van der Waals surface area contributed by atoms with Gasteiger partial charge in [-0.25, -0.2) is 9.13 Å². The number of allylic oxidation sites excluding steroid dienone is 28. The zero-order valence-corrected chi connectivity index (χ0v) is 67.6. The largest absolute Gasteiger partial charge is 0.472 e. The fourth-order valence-corrected chi connectivity index (χ4v) is 11.6. The molecule has 0 rings (SSSR count). The molecule has 0 aromatic rings. The van der Waals surface area contributed by atoms with Crippen LogP contribution in [0.3, 0.4) is 0 Å². The van der Waals surface area contributed by atoms with Crippen molar-refractivity contribution in [3.8, 4) is 0 Å². The molecule has 0 saturated heterocycles. The third-order valence-electron chi connectivity index (χ3n) is 16.2. The molecule has 17 nitrogen and oxygen atoms in total. The van der Waals surface area contributed by atoms with Crippen molar-refractivity contribution in [1.29, 1.82) is 0 Å². The number of unbranched alkanes of at least 4 members (excludes halogenated alkanes) is 20. The lowest BCUT2D eigenvalue weighted by Crippen LogP contribution is -2.30. The van der Waals surface area contributed by atoms with Gasteiger partial charge in [0.2, 0.25) is 0 Å². The number of carbonyl (C=O) groups is 4. The molecule has 5 atom stereocenters. The summed E-state index contributed by atoms with van der Waals surface area (Å²) in [6.07, 6.45) is 92.0. The number of hydrogen-bond acceptors (Lipinski definition) is 15. The Morgan fingerprint density at radius 1 is 0.274 bits per heavy atom. The van der Waals surface area contributed by atoms with Gasteiger partial charge in [0.1, 0.15) is 19.3 Å². The molecule has 19 heteroatoms. The lowest BCUT2D eigenvalue weighted by atomic mass is 10.1. The van der Waals surface area contributed by atoms with Gasteiger partial charge in [0, 0.05) is 25.7 Å². The summed E-state index contributed by atoms with van der Waals surface area (Å²) in [7, 11) is -10.0. The molecule has 0 aromatic heterocycles. The minimum atomic E-state index is -5.01. The molecule has 0 aliphatic rings. The van der Waals surface area contributed by atoms with Gasteiger partial charge in [-0.15, -0.1) is 0 Å². The average molecular weight is 1520 g/mol. The molecule has 0 heterocycles. The summed E-state index contributed by atoms with van der Waals surface area (Å²) < 4.78 is 68.5. The van der Waals surface area contributed by atoms with Gasteiger partial charge < -0.3 is 33.8 Å². The number of carbonyl (C=O) groups excluding carboxylic acids is 4. The second-order valence-corrected chi connectivity index (χ2v) is 29.1. The average Bonchev–Trinajstić information content (AvgIpc) is 0.902. The van der Waals surface area contributed by atoms with Crippen LogP contribution in [0, 0.1) is 0 Å². The standard InChI is InChI=1S/C87H142O17P2/c1-5-9-13-17-21-25-29-33-37-39-40-42-45-48-52-56-60-64-68-72-85(90)98-78-83(104-87(92)74-70-66-62-58-54-50-46-41-38-34-30-26-22-18-14-10-6-2)80-102-106(95,96)100-76-81(88)75-99-105(93,94)101-79-82(103-86(91)73-69-65-61-57-53-49-44-36-32-28-24-20-16-12-8-4)77-97-84(89)71-67-63-59-55-51-47-43-35-31-27-23-19-15-11-7-3/h9-10,13-14,21-28,33-38,40,42-44,46,48,50,52,60,64,81-83,88H,5-8,11-12,15-20,29-32,39,41,45,47,49,51,53-59,61-63,65-80H2,1-4H3,(H,93,94)(H,95,96)/b13-9-,14-10-,25-21-,26-22-,27-23-,28-24-,37-33-,38-34-,42-40-,43-35-,44-36-,50-46-,52-48-,64-60-. The van der Waals surface area contributed by atoms with Crippen LogP contribution in [0.15, 0.2) is 170 Å². The van der Waals surface area contributed by atoms with E-state index < -0.39 is 97.5 Å². The predicted octanol–water partition coefficient (Wildman–Crippen LogP) is 23.8. The molecular weight excluding hydrogens is 1380 g/mol. The molecular formula is C87H142O17P2. The van der Waals surface area contributed by atoms with E-state index in [0.717, 1.165) is 173 Å². The van der Waals surface area contributed by atoms with E-state index in [1.807, 2.05) is 18.2 Å². The van der Waals surface area contributed by atoms with Crippen molar-refractivity contribution in [2.75, 3.05) is 39.6 Å². The Hall–Kier alpha value is -5.58. The molecule has 0 amide bonds. The maximum atomic E-state index is 13.1. The number of phosphoric acid groups is 2. The molecule has 0 aromatic carbocycles. The molecule has 0 saturated carbocycles. The van der Waals surface area contributed by atoms with Crippen LogP contribution in [-0.2, 0) is 65.4 Å². The van der Waals surface area contributed by atoms with Crippen molar-refractivity contribution in [3.05, 3.63) is 170 Å². The number of hydrogen-bond donors (Lipinski definition) is 3. The summed E-state index contributed by atoms with van der Waals surface area (Å²) in [6, 6.07) is 0. The highest BCUT2D eigenvalue weighted by atomic mass is 31.2. The van der Waals surface area contributed by atoms with Crippen LogP contribution in [-0.4, -0.2) is 96.7 Å². The van der Waals surface area contributed by atoms with Gasteiger partial charge in [0.25, 0.3) is 0 Å². The van der Waals surface area contributed by atoms with E-state index in [4.69, 9.17) is 37.0 Å². The van der Waals surface area contributed by atoms with E-state index in [9.17, 15) is 43.2 Å². The summed E-state index contributed by atoms with van der Waals surface area (Å²) in [5, 5.41) is 10.6. The third kappa shape index (κ3) is 76.6. The normalized spacial score (nSPS) is 14.7. The molecule has 0 spiro atoms. The predicted molar refractivity (Wildman–Crippen MR) is 436 cm³/mol. The molecule has 5 unspecified atom stereocenters. The summed E-state index contributed by atoms with van der Waals surface area (Å²) in [4.78, 5) is 73.1. The smallest absolute Gasteiger partial charge is 0.462 e. The SMILES string of the molecule is CC/C=C\C/C=C\C/C=C\C/C=C\C/C=C\C/C=C\CCC(=O)OCC(COP(=O)(O)OCC(O)COP(=O)(O)OCC(COC(=O)CCCCCCC/C=C\C/C=C\CCCCC)OC(=O)CCCCCCC/C=C\C/C=C\CCCCC)OC(=O)CCCCCC/C=C\C/C=C\C/C=C\C/C=C\CC. The van der Waals surface area contributed by atoms with Gasteiger partial charge in [-0.1, -0.05) is 275 Å². The summed E-state index contributed by atoms with van der Waals surface area (Å²) in [5.41, 5.74) is 0. The number of aliphatic hydroxyl groups excluding tert-OH is 1. The van der Waals surface area contributed by atoms with Crippen LogP contribution in [0.4, 0.5) is 0 Å². The van der Waals surface area contributed by atoms with Gasteiger partial charge in [-0.3, -0.25) is 37.3 Å². The lowest BCUT2D eigenvalue weighted by molar-refractivity contribution is -0.161. The van der Waals surface area contributed by atoms with Gasteiger partial charge in [-0.05, 0) is 167 Å². The molecule has 3 N–H and O–H groups in total. The van der Waals surface area contributed by atoms with E-state index >= 15 is 0 Å². The van der Waals surface area contributed by atoms with E-state index in [1.54, 1.807) is 0 Å². The second kappa shape index (κ2) is 77.6. The summed E-state index contributed by atoms with van der Waals surface area (Å²) >= 11 is 0. The van der Waals surface area contributed by atoms with Gasteiger partial charge in [0.15, 0.2) is 12.2 Å². The molecule has 0 aliphatic heterocycles. The van der Waals surface area contributed by atoms with Crippen LogP contribution in [0.25, 0.3) is 0 Å². The highest BCUT2D eigenvalue weighted by molar-refractivity contribution is 7.47. The van der Waals surface area contributed by atoms with Crippen LogP contribution >= 0.6 is 15.6 Å². The van der Waals surface area contributed by atoms with Crippen molar-refractivity contribution < 1.29 is 80.2 Å². The van der Waals surface area contributed by atoms with Gasteiger partial charge in [-0.2, -0.15) is 0 Å². The zero-order chi connectivity index (χ0) is 77.4. The van der Waals surface area contributed by atoms with Crippen molar-refractivity contribution in [2.24, 2.45) is 0 Å². The topological polar surface area (TPSA) is 237 Å². The first-order valence-corrected chi connectivity index (χ1v) is 43.4. The van der Waals surface area contributed by atoms with Gasteiger partial charge in [0.05, 0.1) is 26.4 Å². The Kier molecular flexibility index (Phi) is 73.5. The highest BCUT2D eigenvalue weighted by Crippen LogP contribution is 2.45. The quantitative estimate of drug-likeness (QED) is 0.0169. The third-order valence-corrected chi connectivity index (χ3v) is 18.1. The summed E-state index contributed by atoms with van der Waals surface area (Å²) in [5.74, 6) is -2.34. The Morgan fingerprint density at radius 2 is 0.509 bits per heavy atom. The fraction of sp³-hybridized carbons (Fsp3) is 0.632. The van der Waals surface area contributed by atoms with Crippen LogP contribution in [0.2, 0.25) is 0 Å². The molecule has 0 aliphatic carbocycles. The number of rotatable bonds is 74. The van der Waals surface area contributed by atoms with E-state index in [2.05, 4.69) is 180 Å². The minimum absolute atomic E-state index is 0.0238. The molecule has 0 fully saturated rings. The lowest BCUT2D eigenvalue weighted by Gasteiger charge is -2.21. The van der Waals surface area contributed by atoms with Crippen molar-refractivity contribution in [2.45, 2.75) is 316 Å². The second-order valence-electron chi connectivity index (χ2n) is 26.2. The van der Waals surface area contributed by atoms with Crippen molar-refractivity contribution in [3.63, 3.8) is 0 Å². The maximum absolute atomic E-state index is 13.1. The molecule has 602 valence electrons. The minimum Gasteiger partial charge on any atom is -0.462 e.